The fraction of sp³-hybridized carbons (Fsp3) is 0.500. The second kappa shape index (κ2) is 9.43. The molecule has 5 nitrogen and oxygen atoms in total. The highest BCUT2D eigenvalue weighted by Gasteiger charge is 2.11. The quantitative estimate of drug-likeness (QED) is 0.567. The van der Waals surface area contributed by atoms with Gasteiger partial charge in [0.25, 0.3) is 0 Å². The van der Waals surface area contributed by atoms with E-state index >= 15 is 0 Å². The number of ketones is 1. The van der Waals surface area contributed by atoms with Crippen LogP contribution in [0.1, 0.15) is 44.0 Å². The van der Waals surface area contributed by atoms with E-state index in [-0.39, 0.29) is 24.1 Å². The maximum atomic E-state index is 11.6. The van der Waals surface area contributed by atoms with E-state index in [2.05, 4.69) is 5.32 Å². The van der Waals surface area contributed by atoms with Gasteiger partial charge in [-0.25, -0.2) is 0 Å². The summed E-state index contributed by atoms with van der Waals surface area (Å²) in [6.07, 6.45) is 1.00. The zero-order valence-corrected chi connectivity index (χ0v) is 14.2. The van der Waals surface area contributed by atoms with Gasteiger partial charge in [-0.2, -0.15) is 0 Å². The summed E-state index contributed by atoms with van der Waals surface area (Å²) in [7, 11) is 0. The summed E-state index contributed by atoms with van der Waals surface area (Å²) in [6.45, 7) is 6.12. The van der Waals surface area contributed by atoms with E-state index in [0.717, 1.165) is 0 Å². The monoisotopic (exact) mass is 328 g/mol. The zero-order valence-electron chi connectivity index (χ0n) is 13.3. The lowest BCUT2D eigenvalue weighted by molar-refractivity contribution is -0.121. The van der Waals surface area contributed by atoms with Gasteiger partial charge in [0, 0.05) is 24.1 Å². The maximum Gasteiger partial charge on any atom is 0.220 e. The van der Waals surface area contributed by atoms with Crippen molar-refractivity contribution in [3.8, 4) is 5.75 Å². The second-order valence-electron chi connectivity index (χ2n) is 5.80. The molecular formula is C16H25ClN2O3. The van der Waals surface area contributed by atoms with Crippen LogP contribution in [-0.2, 0) is 4.79 Å². The third-order valence-electron chi connectivity index (χ3n) is 2.80. The fourth-order valence-electron chi connectivity index (χ4n) is 1.64. The van der Waals surface area contributed by atoms with Crippen molar-refractivity contribution in [3.63, 3.8) is 0 Å². The molecule has 0 aliphatic heterocycles. The van der Waals surface area contributed by atoms with Crippen molar-refractivity contribution in [2.24, 2.45) is 5.73 Å². The van der Waals surface area contributed by atoms with Crippen LogP contribution in [0, 0.1) is 0 Å². The fourth-order valence-corrected chi connectivity index (χ4v) is 1.64. The van der Waals surface area contributed by atoms with Gasteiger partial charge in [-0.05, 0) is 39.3 Å². The molecular weight excluding hydrogens is 304 g/mol. The normalized spacial score (nSPS) is 10.5. The molecule has 6 heteroatoms. The minimum atomic E-state index is -0.403. The summed E-state index contributed by atoms with van der Waals surface area (Å²) in [4.78, 5) is 22.8. The van der Waals surface area contributed by atoms with Gasteiger partial charge >= 0.3 is 0 Å². The third kappa shape index (κ3) is 8.64. The number of halogens is 1. The van der Waals surface area contributed by atoms with Crippen LogP contribution in [0.15, 0.2) is 24.3 Å². The number of hydrogen-bond acceptors (Lipinski definition) is 4. The summed E-state index contributed by atoms with van der Waals surface area (Å²) in [5, 5.41) is 2.78. The smallest absolute Gasteiger partial charge is 0.220 e. The number of carbonyl (C=O) groups is 2. The van der Waals surface area contributed by atoms with Crippen molar-refractivity contribution < 1.29 is 14.3 Å². The van der Waals surface area contributed by atoms with Crippen LogP contribution in [0.25, 0.3) is 0 Å². The molecule has 22 heavy (non-hydrogen) atoms. The van der Waals surface area contributed by atoms with Gasteiger partial charge in [-0.15, -0.1) is 12.4 Å². The van der Waals surface area contributed by atoms with Crippen LogP contribution < -0.4 is 15.8 Å². The summed E-state index contributed by atoms with van der Waals surface area (Å²) in [5.41, 5.74) is 6.00. The molecule has 0 aromatic heterocycles. The molecule has 0 fully saturated rings. The van der Waals surface area contributed by atoms with Gasteiger partial charge in [-0.3, -0.25) is 9.59 Å². The highest BCUT2D eigenvalue weighted by molar-refractivity contribution is 5.94. The van der Waals surface area contributed by atoms with E-state index in [9.17, 15) is 9.59 Å². The van der Waals surface area contributed by atoms with Crippen LogP contribution in [0.2, 0.25) is 0 Å². The van der Waals surface area contributed by atoms with Gasteiger partial charge in [0.2, 0.25) is 5.91 Å². The zero-order chi connectivity index (χ0) is 15.9. The Balaban J connectivity index is 0.00000441. The lowest BCUT2D eigenvalue weighted by Crippen LogP contribution is -2.45. The maximum absolute atomic E-state index is 11.6. The summed E-state index contributed by atoms with van der Waals surface area (Å²) < 4.78 is 5.54. The second-order valence-corrected chi connectivity index (χ2v) is 5.80. The Kier molecular flexibility index (Phi) is 8.75. The van der Waals surface area contributed by atoms with E-state index in [0.29, 0.717) is 37.3 Å². The van der Waals surface area contributed by atoms with Gasteiger partial charge in [0.05, 0.1) is 6.61 Å². The molecule has 0 radical (unpaired) electrons. The predicted molar refractivity (Wildman–Crippen MR) is 89.7 cm³/mol. The van der Waals surface area contributed by atoms with E-state index < -0.39 is 5.54 Å². The average molecular weight is 329 g/mol. The van der Waals surface area contributed by atoms with Crippen molar-refractivity contribution in [1.82, 2.24) is 5.32 Å². The number of amides is 1. The number of hydrogen-bond donors (Lipinski definition) is 2. The Labute approximate surface area is 138 Å². The van der Waals surface area contributed by atoms with Gasteiger partial charge in [-0.1, -0.05) is 12.1 Å². The van der Waals surface area contributed by atoms with Crippen LogP contribution >= 0.6 is 12.4 Å². The number of nitrogens with one attached hydrogen (secondary N) is 1. The molecule has 124 valence electrons. The predicted octanol–water partition coefficient (Wildman–Crippen LogP) is 2.32. The largest absolute Gasteiger partial charge is 0.494 e. The lowest BCUT2D eigenvalue weighted by atomic mass is 10.1. The Morgan fingerprint density at radius 2 is 2.00 bits per heavy atom. The Bertz CT molecular complexity index is 498. The van der Waals surface area contributed by atoms with Crippen LogP contribution in [0.5, 0.6) is 5.75 Å². The minimum Gasteiger partial charge on any atom is -0.494 e. The first-order chi connectivity index (χ1) is 9.78. The molecule has 0 spiro atoms. The SMILES string of the molecule is CC(=O)c1cccc(OCCCC(=O)NCC(C)(C)N)c1.Cl. The summed E-state index contributed by atoms with van der Waals surface area (Å²) in [6, 6.07) is 7.03. The molecule has 0 heterocycles. The van der Waals surface area contributed by atoms with Crippen molar-refractivity contribution in [3.05, 3.63) is 29.8 Å². The van der Waals surface area contributed by atoms with Crippen molar-refractivity contribution in [2.75, 3.05) is 13.2 Å². The molecule has 0 bridgehead atoms. The number of Topliss-reactive ketones (excluding diaryl/α,β-unsaturated/α-hetero) is 1. The highest BCUT2D eigenvalue weighted by Crippen LogP contribution is 2.14. The van der Waals surface area contributed by atoms with Crippen molar-refractivity contribution >= 4 is 24.1 Å². The molecule has 3 N–H and O–H groups in total. The molecule has 1 rings (SSSR count). The topological polar surface area (TPSA) is 81.4 Å². The van der Waals surface area contributed by atoms with E-state index in [1.54, 1.807) is 24.3 Å². The van der Waals surface area contributed by atoms with Gasteiger partial charge < -0.3 is 15.8 Å². The molecule has 0 saturated heterocycles. The van der Waals surface area contributed by atoms with Crippen LogP contribution in [-0.4, -0.2) is 30.4 Å². The minimum absolute atomic E-state index is 0. The van der Waals surface area contributed by atoms with E-state index in [4.69, 9.17) is 10.5 Å². The first kappa shape index (κ1) is 20.4. The molecule has 0 aliphatic carbocycles. The van der Waals surface area contributed by atoms with E-state index in [1.165, 1.54) is 6.92 Å². The molecule has 0 unspecified atom stereocenters. The molecule has 0 aliphatic rings. The first-order valence-electron chi connectivity index (χ1n) is 7.07. The standard InChI is InChI=1S/C16H24N2O3.ClH/c1-12(19)13-6-4-7-14(10-13)21-9-5-8-15(20)18-11-16(2,3)17;/h4,6-7,10H,5,8-9,11,17H2,1-3H3,(H,18,20);1H. The number of benzene rings is 1. The van der Waals surface area contributed by atoms with Crippen LogP contribution in [0.4, 0.5) is 0 Å². The molecule has 1 amide bonds. The van der Waals surface area contributed by atoms with Crippen molar-refractivity contribution in [2.45, 2.75) is 39.2 Å². The summed E-state index contributed by atoms with van der Waals surface area (Å²) in [5.74, 6) is 0.616. The molecule has 0 atom stereocenters. The molecule has 1 aromatic rings. The van der Waals surface area contributed by atoms with E-state index in [1.807, 2.05) is 13.8 Å². The van der Waals surface area contributed by atoms with Gasteiger partial charge in [0.15, 0.2) is 5.78 Å². The van der Waals surface area contributed by atoms with Gasteiger partial charge in [0.1, 0.15) is 5.75 Å². The number of rotatable bonds is 8. The van der Waals surface area contributed by atoms with Crippen molar-refractivity contribution in [1.29, 1.82) is 0 Å². The van der Waals surface area contributed by atoms with Crippen LogP contribution in [0.3, 0.4) is 0 Å². The molecule has 1 aromatic carbocycles. The number of carbonyl (C=O) groups excluding carboxylic acids is 2. The third-order valence-corrected chi connectivity index (χ3v) is 2.80. The lowest BCUT2D eigenvalue weighted by Gasteiger charge is -2.18. The number of nitrogens with two attached hydrogens (primary N) is 1. The number of ether oxygens (including phenoxy) is 1. The summed E-state index contributed by atoms with van der Waals surface area (Å²) >= 11 is 0. The highest BCUT2D eigenvalue weighted by atomic mass is 35.5. The Morgan fingerprint density at radius 1 is 1.32 bits per heavy atom. The average Bonchev–Trinajstić information content (AvgIpc) is 2.41. The Morgan fingerprint density at radius 3 is 2.59 bits per heavy atom. The Hall–Kier alpha value is -1.59. The molecule has 0 saturated carbocycles. The first-order valence-corrected chi connectivity index (χ1v) is 7.07.